The maximum atomic E-state index is 9.77. The Morgan fingerprint density at radius 3 is 2.53 bits per heavy atom. The normalized spacial score (nSPS) is 12.0. The van der Waals surface area contributed by atoms with Crippen molar-refractivity contribution >= 4 is 5.69 Å². The van der Waals surface area contributed by atoms with Crippen LogP contribution >= 0.6 is 0 Å². The number of hydrogen-bond donors (Lipinski definition) is 1. The van der Waals surface area contributed by atoms with Crippen LogP contribution in [-0.2, 0) is 0 Å². The first-order chi connectivity index (χ1) is 8.17. The third-order valence-electron chi connectivity index (χ3n) is 2.89. The average molecular weight is 235 g/mol. The van der Waals surface area contributed by atoms with Gasteiger partial charge < -0.3 is 14.7 Å². The molecule has 1 aromatic rings. The molecule has 0 amide bonds. The van der Waals surface area contributed by atoms with Crippen LogP contribution in [-0.4, -0.2) is 25.3 Å². The van der Waals surface area contributed by atoms with Crippen molar-refractivity contribution in [3.05, 3.63) is 36.4 Å². The van der Waals surface area contributed by atoms with Gasteiger partial charge in [0.15, 0.2) is 0 Å². The molecule has 0 saturated heterocycles. The smallest absolute Gasteiger partial charge is 0.127 e. The van der Waals surface area contributed by atoms with Crippen LogP contribution in [0, 0.1) is 0 Å². The van der Waals surface area contributed by atoms with E-state index < -0.39 is 6.10 Å². The summed E-state index contributed by atoms with van der Waals surface area (Å²) in [5.41, 5.74) is 1.85. The zero-order chi connectivity index (χ0) is 12.8. The number of aliphatic hydroxyl groups excluding tert-OH is 1. The van der Waals surface area contributed by atoms with Gasteiger partial charge in [-0.2, -0.15) is 0 Å². The van der Waals surface area contributed by atoms with Crippen LogP contribution in [0.25, 0.3) is 0 Å². The fourth-order valence-corrected chi connectivity index (χ4v) is 1.86. The quantitative estimate of drug-likeness (QED) is 0.770. The Morgan fingerprint density at radius 1 is 1.41 bits per heavy atom. The average Bonchev–Trinajstić information content (AvgIpc) is 2.39. The van der Waals surface area contributed by atoms with Crippen LogP contribution in [0.4, 0.5) is 5.69 Å². The van der Waals surface area contributed by atoms with Gasteiger partial charge in [0.25, 0.3) is 0 Å². The van der Waals surface area contributed by atoms with Gasteiger partial charge in [-0.25, -0.2) is 0 Å². The van der Waals surface area contributed by atoms with Crippen molar-refractivity contribution in [1.82, 2.24) is 0 Å². The molecule has 1 rings (SSSR count). The predicted octanol–water partition coefficient (Wildman–Crippen LogP) is 2.76. The molecule has 0 aromatic heterocycles. The lowest BCUT2D eigenvalue weighted by Gasteiger charge is -2.23. The molecular weight excluding hydrogens is 214 g/mol. The zero-order valence-electron chi connectivity index (χ0n) is 10.8. The summed E-state index contributed by atoms with van der Waals surface area (Å²) >= 11 is 0. The summed E-state index contributed by atoms with van der Waals surface area (Å²) in [4.78, 5) is 2.23. The Morgan fingerprint density at radius 2 is 2.06 bits per heavy atom. The first kappa shape index (κ1) is 13.6. The molecule has 0 heterocycles. The van der Waals surface area contributed by atoms with Gasteiger partial charge in [0.1, 0.15) is 11.9 Å². The Labute approximate surface area is 103 Å². The van der Waals surface area contributed by atoms with Crippen LogP contribution in [0.2, 0.25) is 0 Å². The summed E-state index contributed by atoms with van der Waals surface area (Å²) in [5.74, 6) is 0.696. The maximum absolute atomic E-state index is 9.77. The van der Waals surface area contributed by atoms with Gasteiger partial charge in [0.05, 0.1) is 7.11 Å². The number of ether oxygens (including phenoxy) is 1. The number of rotatable bonds is 6. The molecule has 0 aliphatic heterocycles. The van der Waals surface area contributed by atoms with E-state index >= 15 is 0 Å². The van der Waals surface area contributed by atoms with E-state index in [4.69, 9.17) is 4.74 Å². The molecule has 17 heavy (non-hydrogen) atoms. The van der Waals surface area contributed by atoms with E-state index in [9.17, 15) is 5.11 Å². The minimum atomic E-state index is -0.685. The van der Waals surface area contributed by atoms with Crippen molar-refractivity contribution in [3.63, 3.8) is 0 Å². The number of benzene rings is 1. The van der Waals surface area contributed by atoms with Gasteiger partial charge in [-0.05, 0) is 19.9 Å². The van der Waals surface area contributed by atoms with Crippen molar-refractivity contribution in [3.8, 4) is 5.75 Å². The molecule has 3 heteroatoms. The van der Waals surface area contributed by atoms with E-state index in [1.807, 2.05) is 18.2 Å². The van der Waals surface area contributed by atoms with E-state index in [2.05, 4.69) is 25.3 Å². The van der Waals surface area contributed by atoms with Gasteiger partial charge in [0.2, 0.25) is 0 Å². The van der Waals surface area contributed by atoms with Crippen molar-refractivity contribution in [2.45, 2.75) is 20.0 Å². The molecule has 0 aliphatic rings. The fraction of sp³-hybridized carbons (Fsp3) is 0.429. The molecule has 1 unspecified atom stereocenters. The molecule has 1 N–H and O–H groups in total. The number of hydrogen-bond acceptors (Lipinski definition) is 3. The monoisotopic (exact) mass is 235 g/mol. The summed E-state index contributed by atoms with van der Waals surface area (Å²) in [6.07, 6.45) is 0.810. The summed E-state index contributed by atoms with van der Waals surface area (Å²) in [6.45, 7) is 9.71. The lowest BCUT2D eigenvalue weighted by molar-refractivity contribution is 0.223. The summed E-state index contributed by atoms with van der Waals surface area (Å²) < 4.78 is 5.31. The molecule has 0 bridgehead atoms. The second-order valence-electron chi connectivity index (χ2n) is 3.78. The minimum Gasteiger partial charge on any atom is -0.496 e. The van der Waals surface area contributed by atoms with E-state index in [-0.39, 0.29) is 0 Å². The number of nitrogens with zero attached hydrogens (tertiary/aromatic N) is 1. The second-order valence-corrected chi connectivity index (χ2v) is 3.78. The van der Waals surface area contributed by atoms with Gasteiger partial charge in [-0.15, -0.1) is 6.58 Å². The highest BCUT2D eigenvalue weighted by Gasteiger charge is 2.12. The largest absolute Gasteiger partial charge is 0.496 e. The Kier molecular flexibility index (Phi) is 5.04. The number of anilines is 1. The minimum absolute atomic E-state index is 0.685. The molecule has 0 spiro atoms. The van der Waals surface area contributed by atoms with Gasteiger partial charge >= 0.3 is 0 Å². The van der Waals surface area contributed by atoms with Gasteiger partial charge in [-0.3, -0.25) is 0 Å². The van der Waals surface area contributed by atoms with Crippen molar-refractivity contribution < 1.29 is 9.84 Å². The third-order valence-corrected chi connectivity index (χ3v) is 2.89. The maximum Gasteiger partial charge on any atom is 0.127 e. The molecule has 0 saturated carbocycles. The van der Waals surface area contributed by atoms with Crippen molar-refractivity contribution in [2.24, 2.45) is 0 Å². The molecule has 0 aliphatic carbocycles. The summed E-state index contributed by atoms with van der Waals surface area (Å²) in [6, 6.07) is 5.84. The predicted molar refractivity (Wildman–Crippen MR) is 71.7 cm³/mol. The van der Waals surface area contributed by atoms with Crippen LogP contribution in [0.1, 0.15) is 25.5 Å². The van der Waals surface area contributed by atoms with E-state index in [1.54, 1.807) is 7.11 Å². The number of methoxy groups -OCH3 is 1. The standard InChI is InChI=1S/C14H21NO2/c1-5-13(16)12-9-8-11(10-14(12)17-4)15(6-2)7-3/h5,8-10,13,16H,1,6-7H2,2-4H3. The summed E-state index contributed by atoms with van der Waals surface area (Å²) in [5, 5.41) is 9.77. The fourth-order valence-electron chi connectivity index (χ4n) is 1.86. The van der Waals surface area contributed by atoms with E-state index in [1.165, 1.54) is 6.08 Å². The number of aliphatic hydroxyl groups is 1. The zero-order valence-corrected chi connectivity index (χ0v) is 10.8. The van der Waals surface area contributed by atoms with Gasteiger partial charge in [0, 0.05) is 30.4 Å². The van der Waals surface area contributed by atoms with Crippen LogP contribution < -0.4 is 9.64 Å². The topological polar surface area (TPSA) is 32.7 Å². The molecule has 0 fully saturated rings. The second kappa shape index (κ2) is 6.30. The Bertz CT molecular complexity index is 372. The SMILES string of the molecule is C=CC(O)c1ccc(N(CC)CC)cc1OC. The first-order valence-corrected chi connectivity index (χ1v) is 5.91. The molecular formula is C14H21NO2. The molecule has 1 atom stereocenters. The third kappa shape index (κ3) is 3.01. The van der Waals surface area contributed by atoms with Crippen molar-refractivity contribution in [1.29, 1.82) is 0 Å². The highest BCUT2D eigenvalue weighted by atomic mass is 16.5. The highest BCUT2D eigenvalue weighted by Crippen LogP contribution is 2.30. The lowest BCUT2D eigenvalue weighted by atomic mass is 10.1. The molecule has 1 aromatic carbocycles. The molecule has 0 radical (unpaired) electrons. The molecule has 3 nitrogen and oxygen atoms in total. The summed E-state index contributed by atoms with van der Waals surface area (Å²) in [7, 11) is 1.61. The van der Waals surface area contributed by atoms with Crippen molar-refractivity contribution in [2.75, 3.05) is 25.1 Å². The Hall–Kier alpha value is -1.48. The van der Waals surface area contributed by atoms with Crippen LogP contribution in [0.15, 0.2) is 30.9 Å². The highest BCUT2D eigenvalue weighted by molar-refractivity contribution is 5.54. The van der Waals surface area contributed by atoms with Crippen LogP contribution in [0.5, 0.6) is 5.75 Å². The first-order valence-electron chi connectivity index (χ1n) is 5.91. The Balaban J connectivity index is 3.11. The van der Waals surface area contributed by atoms with E-state index in [0.29, 0.717) is 5.75 Å². The van der Waals surface area contributed by atoms with Crippen LogP contribution in [0.3, 0.4) is 0 Å². The molecule has 94 valence electrons. The lowest BCUT2D eigenvalue weighted by Crippen LogP contribution is -2.21. The van der Waals surface area contributed by atoms with Gasteiger partial charge in [-0.1, -0.05) is 12.1 Å². The van der Waals surface area contributed by atoms with E-state index in [0.717, 1.165) is 24.3 Å².